The highest BCUT2D eigenvalue weighted by atomic mass is 32.2. The van der Waals surface area contributed by atoms with Crippen LogP contribution in [-0.4, -0.2) is 6.61 Å². The molecule has 1 aliphatic rings. The van der Waals surface area contributed by atoms with Crippen LogP contribution < -0.4 is 0 Å². The molecule has 0 amide bonds. The zero-order valence-corrected chi connectivity index (χ0v) is 8.38. The van der Waals surface area contributed by atoms with E-state index in [0.29, 0.717) is 5.25 Å². The standard InChI is InChI=1S/C11H12OS/c1-2-12-13-11-8-7-9-5-3-4-6-10(9)11/h3-8,11H,2H2,1H3. The van der Waals surface area contributed by atoms with Gasteiger partial charge in [0.1, 0.15) is 0 Å². The fraction of sp³-hybridized carbons (Fsp3) is 0.273. The Morgan fingerprint density at radius 1 is 1.38 bits per heavy atom. The lowest BCUT2D eigenvalue weighted by atomic mass is 10.1. The van der Waals surface area contributed by atoms with Gasteiger partial charge in [-0.3, -0.25) is 0 Å². The highest BCUT2D eigenvalue weighted by Crippen LogP contribution is 2.38. The van der Waals surface area contributed by atoms with Gasteiger partial charge in [0, 0.05) is 12.0 Å². The normalized spacial score (nSPS) is 19.0. The fourth-order valence-corrected chi connectivity index (χ4v) is 2.19. The Morgan fingerprint density at radius 3 is 3.08 bits per heavy atom. The van der Waals surface area contributed by atoms with E-state index in [0.717, 1.165) is 6.61 Å². The van der Waals surface area contributed by atoms with Gasteiger partial charge in [0.25, 0.3) is 0 Å². The average Bonchev–Trinajstić information content (AvgIpc) is 2.58. The molecule has 0 aliphatic heterocycles. The largest absolute Gasteiger partial charge is 0.315 e. The SMILES string of the molecule is CCOSC1C=Cc2ccccc21. The van der Waals surface area contributed by atoms with Crippen molar-refractivity contribution in [2.24, 2.45) is 0 Å². The number of benzene rings is 1. The van der Waals surface area contributed by atoms with Crippen molar-refractivity contribution >= 4 is 18.1 Å². The first-order chi connectivity index (χ1) is 6.42. The summed E-state index contributed by atoms with van der Waals surface area (Å²) in [7, 11) is 0. The number of hydrogen-bond acceptors (Lipinski definition) is 2. The Morgan fingerprint density at radius 2 is 2.23 bits per heavy atom. The lowest BCUT2D eigenvalue weighted by Gasteiger charge is -2.08. The lowest BCUT2D eigenvalue weighted by Crippen LogP contribution is -1.89. The van der Waals surface area contributed by atoms with Crippen LogP contribution >= 0.6 is 12.0 Å². The molecule has 0 saturated heterocycles. The molecule has 0 N–H and O–H groups in total. The van der Waals surface area contributed by atoms with Crippen molar-refractivity contribution in [2.75, 3.05) is 6.61 Å². The summed E-state index contributed by atoms with van der Waals surface area (Å²) >= 11 is 1.54. The minimum atomic E-state index is 0.385. The maximum absolute atomic E-state index is 5.34. The first-order valence-electron chi connectivity index (χ1n) is 4.47. The van der Waals surface area contributed by atoms with E-state index in [1.54, 1.807) is 0 Å². The van der Waals surface area contributed by atoms with E-state index < -0.39 is 0 Å². The molecule has 0 heterocycles. The quantitative estimate of drug-likeness (QED) is 0.678. The first-order valence-corrected chi connectivity index (χ1v) is 5.27. The van der Waals surface area contributed by atoms with Gasteiger partial charge in [0.15, 0.2) is 0 Å². The van der Waals surface area contributed by atoms with Crippen molar-refractivity contribution in [3.05, 3.63) is 41.5 Å². The maximum atomic E-state index is 5.34. The highest BCUT2D eigenvalue weighted by molar-refractivity contribution is 7.95. The van der Waals surface area contributed by atoms with E-state index in [9.17, 15) is 0 Å². The molecule has 1 aromatic carbocycles. The van der Waals surface area contributed by atoms with Crippen molar-refractivity contribution in [3.8, 4) is 0 Å². The Labute approximate surface area is 83.0 Å². The Balaban J connectivity index is 2.14. The molecule has 13 heavy (non-hydrogen) atoms. The van der Waals surface area contributed by atoms with Crippen LogP contribution in [0.2, 0.25) is 0 Å². The van der Waals surface area contributed by atoms with Crippen molar-refractivity contribution in [1.29, 1.82) is 0 Å². The monoisotopic (exact) mass is 192 g/mol. The minimum Gasteiger partial charge on any atom is -0.315 e. The van der Waals surface area contributed by atoms with Gasteiger partial charge in [-0.25, -0.2) is 0 Å². The molecular weight excluding hydrogens is 180 g/mol. The third kappa shape index (κ3) is 1.79. The van der Waals surface area contributed by atoms with E-state index in [1.807, 2.05) is 6.92 Å². The highest BCUT2D eigenvalue weighted by Gasteiger charge is 2.16. The fourth-order valence-electron chi connectivity index (χ4n) is 1.44. The molecule has 1 aromatic rings. The molecule has 0 spiro atoms. The van der Waals surface area contributed by atoms with Gasteiger partial charge in [-0.1, -0.05) is 36.4 Å². The van der Waals surface area contributed by atoms with Crippen molar-refractivity contribution in [1.82, 2.24) is 0 Å². The molecule has 1 nitrogen and oxygen atoms in total. The second kappa shape index (κ2) is 3.99. The summed E-state index contributed by atoms with van der Waals surface area (Å²) in [5, 5.41) is 0.385. The molecular formula is C11H12OS. The summed E-state index contributed by atoms with van der Waals surface area (Å²) in [4.78, 5) is 0. The molecule has 1 unspecified atom stereocenters. The molecule has 0 radical (unpaired) electrons. The first kappa shape index (κ1) is 8.85. The van der Waals surface area contributed by atoms with Crippen LogP contribution in [0.3, 0.4) is 0 Å². The van der Waals surface area contributed by atoms with Gasteiger partial charge in [-0.05, 0) is 18.1 Å². The molecule has 2 heteroatoms. The number of rotatable bonds is 3. The van der Waals surface area contributed by atoms with Crippen LogP contribution in [0, 0.1) is 0 Å². The number of fused-ring (bicyclic) bond motifs is 1. The van der Waals surface area contributed by atoms with Crippen LogP contribution in [0.4, 0.5) is 0 Å². The van der Waals surface area contributed by atoms with Crippen LogP contribution in [-0.2, 0) is 4.18 Å². The third-order valence-corrected chi connectivity index (χ3v) is 3.03. The van der Waals surface area contributed by atoms with E-state index in [-0.39, 0.29) is 0 Å². The summed E-state index contributed by atoms with van der Waals surface area (Å²) < 4.78 is 5.34. The summed E-state index contributed by atoms with van der Waals surface area (Å²) in [6, 6.07) is 8.44. The predicted octanol–water partition coefficient (Wildman–Crippen LogP) is 3.44. The van der Waals surface area contributed by atoms with E-state index >= 15 is 0 Å². The van der Waals surface area contributed by atoms with Crippen molar-refractivity contribution in [2.45, 2.75) is 12.2 Å². The average molecular weight is 192 g/mol. The predicted molar refractivity (Wildman–Crippen MR) is 57.4 cm³/mol. The van der Waals surface area contributed by atoms with Gasteiger partial charge in [-0.15, -0.1) is 0 Å². The van der Waals surface area contributed by atoms with Crippen molar-refractivity contribution in [3.63, 3.8) is 0 Å². The molecule has 1 aliphatic carbocycles. The summed E-state index contributed by atoms with van der Waals surface area (Å²) in [6.45, 7) is 2.77. The smallest absolute Gasteiger partial charge is 0.0750 e. The summed E-state index contributed by atoms with van der Waals surface area (Å²) in [5.41, 5.74) is 2.68. The van der Waals surface area contributed by atoms with Gasteiger partial charge in [-0.2, -0.15) is 0 Å². The molecule has 0 bridgehead atoms. The Bertz CT molecular complexity index is 320. The molecule has 0 fully saturated rings. The molecule has 0 aromatic heterocycles. The van der Waals surface area contributed by atoms with Crippen LogP contribution in [0.25, 0.3) is 6.08 Å². The van der Waals surface area contributed by atoms with Gasteiger partial charge in [0.05, 0.1) is 11.9 Å². The van der Waals surface area contributed by atoms with E-state index in [2.05, 4.69) is 36.4 Å². The topological polar surface area (TPSA) is 9.23 Å². The minimum absolute atomic E-state index is 0.385. The third-order valence-electron chi connectivity index (χ3n) is 2.04. The number of hydrogen-bond donors (Lipinski definition) is 0. The second-order valence-corrected chi connectivity index (χ2v) is 3.85. The van der Waals surface area contributed by atoms with Gasteiger partial charge in [0.2, 0.25) is 0 Å². The van der Waals surface area contributed by atoms with Crippen LogP contribution in [0.5, 0.6) is 0 Å². The molecule has 2 rings (SSSR count). The lowest BCUT2D eigenvalue weighted by molar-refractivity contribution is 0.400. The van der Waals surface area contributed by atoms with Crippen LogP contribution in [0.15, 0.2) is 30.3 Å². The van der Waals surface area contributed by atoms with E-state index in [4.69, 9.17) is 4.18 Å². The second-order valence-electron chi connectivity index (χ2n) is 2.91. The van der Waals surface area contributed by atoms with Gasteiger partial charge >= 0.3 is 0 Å². The maximum Gasteiger partial charge on any atom is 0.0750 e. The summed E-state index contributed by atoms with van der Waals surface area (Å²) in [6.07, 6.45) is 4.34. The molecule has 0 saturated carbocycles. The zero-order valence-electron chi connectivity index (χ0n) is 7.57. The summed E-state index contributed by atoms with van der Waals surface area (Å²) in [5.74, 6) is 0. The molecule has 68 valence electrons. The van der Waals surface area contributed by atoms with E-state index in [1.165, 1.54) is 23.2 Å². The Kier molecular flexibility index (Phi) is 2.71. The zero-order chi connectivity index (χ0) is 9.10. The van der Waals surface area contributed by atoms with Crippen LogP contribution in [0.1, 0.15) is 23.3 Å². The van der Waals surface area contributed by atoms with Crippen molar-refractivity contribution < 1.29 is 4.18 Å². The Hall–Kier alpha value is -0.730. The molecule has 1 atom stereocenters. The van der Waals surface area contributed by atoms with Gasteiger partial charge < -0.3 is 4.18 Å².